The Morgan fingerprint density at radius 2 is 1.13 bits per heavy atom. The molecule has 2 heterocycles. The lowest BCUT2D eigenvalue weighted by Crippen LogP contribution is -1.86. The molecule has 2 nitrogen and oxygen atoms in total. The van der Waals surface area contributed by atoms with Crippen LogP contribution in [0.15, 0.2) is 48.8 Å². The van der Waals surface area contributed by atoms with Crippen molar-refractivity contribution < 1.29 is 0 Å². The van der Waals surface area contributed by atoms with E-state index in [9.17, 15) is 0 Å². The van der Waals surface area contributed by atoms with Gasteiger partial charge < -0.3 is 9.13 Å². The van der Waals surface area contributed by atoms with E-state index >= 15 is 0 Å². The first-order valence-corrected chi connectivity index (χ1v) is 8.13. The van der Waals surface area contributed by atoms with E-state index in [1.807, 2.05) is 0 Å². The fourth-order valence-electron chi connectivity index (χ4n) is 4.00. The number of fused-ring (bicyclic) bond motifs is 2. The minimum Gasteiger partial charge on any atom is -0.350 e. The number of benzene rings is 2. The summed E-state index contributed by atoms with van der Waals surface area (Å²) in [4.78, 5) is 0. The van der Waals surface area contributed by atoms with Crippen molar-refractivity contribution in [3.05, 3.63) is 71.0 Å². The lowest BCUT2D eigenvalue weighted by Gasteiger charge is -2.02. The van der Waals surface area contributed by atoms with Crippen LogP contribution in [-0.4, -0.2) is 9.13 Å². The Morgan fingerprint density at radius 3 is 1.57 bits per heavy atom. The summed E-state index contributed by atoms with van der Waals surface area (Å²) in [6.45, 7) is 4.38. The SMILES string of the molecule is Cc1cccc2c(Cc3cn(C)c4c(C)cccc34)cn(C)c12. The van der Waals surface area contributed by atoms with Gasteiger partial charge in [-0.2, -0.15) is 0 Å². The van der Waals surface area contributed by atoms with Crippen LogP contribution in [0.1, 0.15) is 22.3 Å². The van der Waals surface area contributed by atoms with E-state index in [-0.39, 0.29) is 0 Å². The topological polar surface area (TPSA) is 9.86 Å². The van der Waals surface area contributed by atoms with Crippen molar-refractivity contribution >= 4 is 21.8 Å². The average Bonchev–Trinajstić information content (AvgIpc) is 3.00. The second kappa shape index (κ2) is 5.02. The molecule has 0 aliphatic rings. The third-order valence-electron chi connectivity index (χ3n) is 4.95. The van der Waals surface area contributed by atoms with E-state index < -0.39 is 0 Å². The first-order valence-electron chi connectivity index (χ1n) is 8.13. The van der Waals surface area contributed by atoms with Crippen LogP contribution in [0.4, 0.5) is 0 Å². The van der Waals surface area contributed by atoms with E-state index in [1.54, 1.807) is 0 Å². The number of nitrogens with zero attached hydrogens (tertiary/aromatic N) is 2. The molecule has 0 saturated heterocycles. The summed E-state index contributed by atoms with van der Waals surface area (Å²) in [6, 6.07) is 13.2. The predicted octanol–water partition coefficient (Wildman–Crippen LogP) is 4.88. The van der Waals surface area contributed by atoms with Gasteiger partial charge in [0.2, 0.25) is 0 Å². The Balaban J connectivity index is 1.90. The Labute approximate surface area is 137 Å². The quantitative estimate of drug-likeness (QED) is 0.499. The second-order valence-electron chi connectivity index (χ2n) is 6.65. The van der Waals surface area contributed by atoms with Crippen molar-refractivity contribution in [2.24, 2.45) is 14.1 Å². The van der Waals surface area contributed by atoms with Gasteiger partial charge in [0.05, 0.1) is 11.0 Å². The summed E-state index contributed by atoms with van der Waals surface area (Å²) < 4.78 is 4.52. The Bertz CT molecular complexity index is 947. The first kappa shape index (κ1) is 14.1. The number of hydrogen-bond donors (Lipinski definition) is 0. The van der Waals surface area contributed by atoms with E-state index in [1.165, 1.54) is 44.1 Å². The van der Waals surface area contributed by atoms with Gasteiger partial charge in [0.25, 0.3) is 0 Å². The van der Waals surface area contributed by atoms with Gasteiger partial charge in [-0.25, -0.2) is 0 Å². The molecule has 2 heteroatoms. The average molecular weight is 302 g/mol. The van der Waals surface area contributed by atoms with E-state index in [2.05, 4.69) is 85.9 Å². The van der Waals surface area contributed by atoms with Gasteiger partial charge in [0.1, 0.15) is 0 Å². The van der Waals surface area contributed by atoms with E-state index in [4.69, 9.17) is 0 Å². The summed E-state index contributed by atoms with van der Waals surface area (Å²) in [7, 11) is 4.29. The van der Waals surface area contributed by atoms with Gasteiger partial charge in [-0.15, -0.1) is 0 Å². The van der Waals surface area contributed by atoms with Crippen LogP contribution in [0.5, 0.6) is 0 Å². The molecule has 0 saturated carbocycles. The maximum Gasteiger partial charge on any atom is 0.0510 e. The van der Waals surface area contributed by atoms with Crippen molar-refractivity contribution in [1.29, 1.82) is 0 Å². The van der Waals surface area contributed by atoms with Crippen LogP contribution in [-0.2, 0) is 20.5 Å². The first-order chi connectivity index (χ1) is 11.1. The molecule has 0 bridgehead atoms. The number of rotatable bonds is 2. The molecular weight excluding hydrogens is 280 g/mol. The molecule has 0 amide bonds. The van der Waals surface area contributed by atoms with Gasteiger partial charge in [-0.1, -0.05) is 36.4 Å². The molecule has 0 aliphatic heterocycles. The number of hydrogen-bond acceptors (Lipinski definition) is 0. The molecule has 0 atom stereocenters. The van der Waals surface area contributed by atoms with Gasteiger partial charge >= 0.3 is 0 Å². The fourth-order valence-corrected chi connectivity index (χ4v) is 4.00. The summed E-state index contributed by atoms with van der Waals surface area (Å²) >= 11 is 0. The highest BCUT2D eigenvalue weighted by atomic mass is 14.9. The standard InChI is InChI=1S/C21H22N2/c1-14-7-5-9-18-16(12-22(3)20(14)18)11-17-13-23(4)21-15(2)8-6-10-19(17)21/h5-10,12-13H,11H2,1-4H3. The maximum absolute atomic E-state index is 2.28. The van der Waals surface area contributed by atoms with E-state index in [0.29, 0.717) is 0 Å². The highest BCUT2D eigenvalue weighted by molar-refractivity contribution is 5.90. The summed E-state index contributed by atoms with van der Waals surface area (Å²) in [5.41, 5.74) is 8.17. The van der Waals surface area contributed by atoms with Crippen molar-refractivity contribution in [3.63, 3.8) is 0 Å². The van der Waals surface area contributed by atoms with E-state index in [0.717, 1.165) is 6.42 Å². The highest BCUT2D eigenvalue weighted by Crippen LogP contribution is 2.29. The summed E-state index contributed by atoms with van der Waals surface area (Å²) in [5, 5.41) is 2.74. The van der Waals surface area contributed by atoms with Crippen LogP contribution in [0.2, 0.25) is 0 Å². The molecule has 4 rings (SSSR count). The zero-order valence-electron chi connectivity index (χ0n) is 14.2. The molecule has 116 valence electrons. The lowest BCUT2D eigenvalue weighted by atomic mass is 10.0. The van der Waals surface area contributed by atoms with Gasteiger partial charge in [-0.05, 0) is 36.1 Å². The predicted molar refractivity (Wildman–Crippen MR) is 98.1 cm³/mol. The summed E-state index contributed by atoms with van der Waals surface area (Å²) in [5.74, 6) is 0. The zero-order valence-corrected chi connectivity index (χ0v) is 14.2. The molecule has 0 radical (unpaired) electrons. The Hall–Kier alpha value is -2.48. The number of aryl methyl sites for hydroxylation is 4. The molecule has 0 unspecified atom stereocenters. The fraction of sp³-hybridized carbons (Fsp3) is 0.238. The zero-order chi connectivity index (χ0) is 16.1. The molecule has 4 aromatic rings. The van der Waals surface area contributed by atoms with Crippen LogP contribution in [0.3, 0.4) is 0 Å². The van der Waals surface area contributed by atoms with Gasteiger partial charge in [0.15, 0.2) is 0 Å². The van der Waals surface area contributed by atoms with Gasteiger partial charge in [-0.3, -0.25) is 0 Å². The normalized spacial score (nSPS) is 11.7. The van der Waals surface area contributed by atoms with Gasteiger partial charge in [0, 0.05) is 43.7 Å². The largest absolute Gasteiger partial charge is 0.350 e. The highest BCUT2D eigenvalue weighted by Gasteiger charge is 2.13. The second-order valence-corrected chi connectivity index (χ2v) is 6.65. The van der Waals surface area contributed by atoms with Crippen molar-refractivity contribution in [3.8, 4) is 0 Å². The smallest absolute Gasteiger partial charge is 0.0510 e. The molecule has 0 N–H and O–H groups in total. The monoisotopic (exact) mass is 302 g/mol. The number of para-hydroxylation sites is 2. The molecule has 2 aromatic heterocycles. The Morgan fingerprint density at radius 1 is 0.696 bits per heavy atom. The van der Waals surface area contributed by atoms with Crippen LogP contribution < -0.4 is 0 Å². The third kappa shape index (κ3) is 2.09. The van der Waals surface area contributed by atoms with Crippen LogP contribution in [0.25, 0.3) is 21.8 Å². The molecule has 2 aromatic carbocycles. The minimum atomic E-state index is 0.974. The van der Waals surface area contributed by atoms with Crippen molar-refractivity contribution in [2.75, 3.05) is 0 Å². The molecule has 0 spiro atoms. The molecule has 0 fully saturated rings. The third-order valence-corrected chi connectivity index (χ3v) is 4.95. The van der Waals surface area contributed by atoms with Crippen LogP contribution >= 0.6 is 0 Å². The molecule has 23 heavy (non-hydrogen) atoms. The van der Waals surface area contributed by atoms with Crippen LogP contribution in [0, 0.1) is 13.8 Å². The summed E-state index contributed by atoms with van der Waals surface area (Å²) in [6.07, 6.45) is 5.54. The molecule has 0 aliphatic carbocycles. The van der Waals surface area contributed by atoms with Crippen molar-refractivity contribution in [1.82, 2.24) is 9.13 Å². The molecular formula is C21H22N2. The van der Waals surface area contributed by atoms with Crippen molar-refractivity contribution in [2.45, 2.75) is 20.3 Å². The maximum atomic E-state index is 2.28. The number of aromatic nitrogens is 2. The Kier molecular flexibility index (Phi) is 3.08. The minimum absolute atomic E-state index is 0.974. The lowest BCUT2D eigenvalue weighted by molar-refractivity contribution is 0.944.